The summed E-state index contributed by atoms with van der Waals surface area (Å²) in [5, 5.41) is 33.6. The van der Waals surface area contributed by atoms with E-state index in [2.05, 4.69) is 5.32 Å². The molecule has 0 radical (unpaired) electrons. The van der Waals surface area contributed by atoms with Crippen molar-refractivity contribution in [3.63, 3.8) is 0 Å². The van der Waals surface area contributed by atoms with Gasteiger partial charge in [-0.2, -0.15) is 0 Å². The van der Waals surface area contributed by atoms with E-state index >= 15 is 0 Å². The highest BCUT2D eigenvalue weighted by Crippen LogP contribution is 2.24. The van der Waals surface area contributed by atoms with Crippen LogP contribution in [0.2, 0.25) is 0 Å². The molecular weight excluding hydrogens is 270 g/mol. The number of benzene rings is 2. The Labute approximate surface area is 122 Å². The van der Waals surface area contributed by atoms with Crippen LogP contribution < -0.4 is 5.32 Å². The standard InChI is InChI=1S/C16H19NO4/c1-17-7-6-14(18)15(19)12-4-2-11-9-13(16(20)21)5-3-10(11)8-12/h2-5,8-9,14-15,17-19H,6-7H2,1H3,(H,20,21). The summed E-state index contributed by atoms with van der Waals surface area (Å²) in [7, 11) is 1.79. The lowest BCUT2D eigenvalue weighted by Crippen LogP contribution is -2.23. The Morgan fingerprint density at radius 2 is 1.81 bits per heavy atom. The van der Waals surface area contributed by atoms with Crippen LogP contribution >= 0.6 is 0 Å². The minimum absolute atomic E-state index is 0.227. The lowest BCUT2D eigenvalue weighted by Gasteiger charge is -2.18. The van der Waals surface area contributed by atoms with Crippen molar-refractivity contribution >= 4 is 16.7 Å². The van der Waals surface area contributed by atoms with Crippen molar-refractivity contribution in [2.45, 2.75) is 18.6 Å². The fraction of sp³-hybridized carbons (Fsp3) is 0.312. The van der Waals surface area contributed by atoms with Gasteiger partial charge in [0, 0.05) is 0 Å². The first kappa shape index (κ1) is 15.4. The molecule has 2 aromatic carbocycles. The van der Waals surface area contributed by atoms with Crippen LogP contribution in [0.1, 0.15) is 28.4 Å². The minimum atomic E-state index is -0.969. The van der Waals surface area contributed by atoms with E-state index in [9.17, 15) is 15.0 Å². The number of aliphatic hydroxyl groups excluding tert-OH is 2. The molecule has 2 rings (SSSR count). The molecule has 5 nitrogen and oxygen atoms in total. The monoisotopic (exact) mass is 289 g/mol. The molecule has 0 bridgehead atoms. The predicted octanol–water partition coefficient (Wildman–Crippen LogP) is 1.54. The zero-order valence-electron chi connectivity index (χ0n) is 11.8. The second kappa shape index (κ2) is 6.67. The summed E-state index contributed by atoms with van der Waals surface area (Å²) in [6.07, 6.45) is -1.34. The first-order valence-electron chi connectivity index (χ1n) is 6.80. The lowest BCUT2D eigenvalue weighted by molar-refractivity contribution is 0.0141. The molecule has 0 saturated heterocycles. The summed E-state index contributed by atoms with van der Waals surface area (Å²) < 4.78 is 0. The highest BCUT2D eigenvalue weighted by atomic mass is 16.4. The van der Waals surface area contributed by atoms with Gasteiger partial charge in [0.15, 0.2) is 0 Å². The van der Waals surface area contributed by atoms with Gasteiger partial charge in [-0.3, -0.25) is 0 Å². The Kier molecular flexibility index (Phi) is 4.90. The van der Waals surface area contributed by atoms with Crippen LogP contribution in [0.3, 0.4) is 0 Å². The summed E-state index contributed by atoms with van der Waals surface area (Å²) in [6.45, 7) is 0.619. The normalized spacial score (nSPS) is 14.0. The first-order chi connectivity index (χ1) is 10.0. The van der Waals surface area contributed by atoms with Crippen LogP contribution in [0.4, 0.5) is 0 Å². The molecule has 0 amide bonds. The molecule has 0 fully saturated rings. The fourth-order valence-corrected chi connectivity index (χ4v) is 2.25. The third-order valence-electron chi connectivity index (χ3n) is 3.51. The van der Waals surface area contributed by atoms with Crippen LogP contribution in [-0.2, 0) is 0 Å². The van der Waals surface area contributed by atoms with Gasteiger partial charge in [0.2, 0.25) is 0 Å². The van der Waals surface area contributed by atoms with Gasteiger partial charge >= 0.3 is 5.97 Å². The quantitative estimate of drug-likeness (QED) is 0.648. The van der Waals surface area contributed by atoms with Gasteiger partial charge in [0.1, 0.15) is 6.10 Å². The summed E-state index contributed by atoms with van der Waals surface area (Å²) >= 11 is 0. The Morgan fingerprint density at radius 3 is 2.48 bits per heavy atom. The van der Waals surface area contributed by atoms with Gasteiger partial charge < -0.3 is 20.6 Å². The maximum atomic E-state index is 10.9. The van der Waals surface area contributed by atoms with Crippen molar-refractivity contribution in [1.82, 2.24) is 5.32 Å². The molecule has 0 heterocycles. The van der Waals surface area contributed by atoms with Crippen molar-refractivity contribution < 1.29 is 20.1 Å². The number of rotatable bonds is 6. The number of fused-ring (bicyclic) bond motifs is 1. The largest absolute Gasteiger partial charge is 0.478 e. The number of carbonyl (C=O) groups is 1. The van der Waals surface area contributed by atoms with Crippen molar-refractivity contribution in [2.75, 3.05) is 13.6 Å². The molecule has 5 heteroatoms. The van der Waals surface area contributed by atoms with E-state index in [1.54, 1.807) is 37.4 Å². The number of carboxylic acids is 1. The topological polar surface area (TPSA) is 89.8 Å². The molecule has 21 heavy (non-hydrogen) atoms. The molecule has 112 valence electrons. The fourth-order valence-electron chi connectivity index (χ4n) is 2.25. The molecule has 0 saturated carbocycles. The van der Waals surface area contributed by atoms with E-state index in [4.69, 9.17) is 5.11 Å². The van der Waals surface area contributed by atoms with Crippen LogP contribution in [0.5, 0.6) is 0 Å². The highest BCUT2D eigenvalue weighted by Gasteiger charge is 2.18. The van der Waals surface area contributed by atoms with Crippen molar-refractivity contribution in [3.05, 3.63) is 47.5 Å². The predicted molar refractivity (Wildman–Crippen MR) is 80.4 cm³/mol. The second-order valence-electron chi connectivity index (χ2n) is 5.03. The smallest absolute Gasteiger partial charge is 0.335 e. The molecule has 0 aliphatic rings. The Morgan fingerprint density at radius 1 is 1.14 bits per heavy atom. The van der Waals surface area contributed by atoms with Crippen LogP contribution in [0.15, 0.2) is 36.4 Å². The van der Waals surface area contributed by atoms with Crippen LogP contribution in [0, 0.1) is 0 Å². The number of hydrogen-bond donors (Lipinski definition) is 4. The SMILES string of the molecule is CNCCC(O)C(O)c1ccc2cc(C(=O)O)ccc2c1. The molecule has 0 aliphatic heterocycles. The van der Waals surface area contributed by atoms with E-state index < -0.39 is 18.2 Å². The Hall–Kier alpha value is -1.95. The number of aliphatic hydroxyl groups is 2. The molecular formula is C16H19NO4. The number of carboxylic acid groups (broad SMARTS) is 1. The van der Waals surface area contributed by atoms with E-state index in [-0.39, 0.29) is 5.56 Å². The maximum Gasteiger partial charge on any atom is 0.335 e. The van der Waals surface area contributed by atoms with Crippen molar-refractivity contribution in [3.8, 4) is 0 Å². The van der Waals surface area contributed by atoms with E-state index in [1.165, 1.54) is 6.07 Å². The van der Waals surface area contributed by atoms with Gasteiger partial charge in [-0.1, -0.05) is 18.2 Å². The summed E-state index contributed by atoms with van der Waals surface area (Å²) in [5.41, 5.74) is 0.846. The number of hydrogen-bond acceptors (Lipinski definition) is 4. The molecule has 2 atom stereocenters. The molecule has 0 aliphatic carbocycles. The van der Waals surface area contributed by atoms with Gasteiger partial charge in [0.05, 0.1) is 11.7 Å². The Balaban J connectivity index is 2.26. The maximum absolute atomic E-state index is 10.9. The van der Waals surface area contributed by atoms with Crippen LogP contribution in [-0.4, -0.2) is 41.0 Å². The van der Waals surface area contributed by atoms with Crippen LogP contribution in [0.25, 0.3) is 10.8 Å². The van der Waals surface area contributed by atoms with E-state index in [1.807, 2.05) is 0 Å². The molecule has 2 aromatic rings. The molecule has 0 aromatic heterocycles. The Bertz CT molecular complexity index is 641. The van der Waals surface area contributed by atoms with Gasteiger partial charge in [-0.15, -0.1) is 0 Å². The lowest BCUT2D eigenvalue weighted by atomic mass is 9.98. The summed E-state index contributed by atoms with van der Waals surface area (Å²) in [5.74, 6) is -0.969. The number of aromatic carboxylic acids is 1. The van der Waals surface area contributed by atoms with Gasteiger partial charge in [-0.25, -0.2) is 4.79 Å². The average Bonchev–Trinajstić information content (AvgIpc) is 2.50. The molecule has 4 N–H and O–H groups in total. The average molecular weight is 289 g/mol. The van der Waals surface area contributed by atoms with E-state index in [0.29, 0.717) is 18.5 Å². The zero-order chi connectivity index (χ0) is 15.4. The third kappa shape index (κ3) is 3.58. The van der Waals surface area contributed by atoms with Gasteiger partial charge in [-0.05, 0) is 54.5 Å². The third-order valence-corrected chi connectivity index (χ3v) is 3.51. The molecule has 2 unspecified atom stereocenters. The number of nitrogens with one attached hydrogen (secondary N) is 1. The second-order valence-corrected chi connectivity index (χ2v) is 5.03. The minimum Gasteiger partial charge on any atom is -0.478 e. The summed E-state index contributed by atoms with van der Waals surface area (Å²) in [6, 6.07) is 10.1. The van der Waals surface area contributed by atoms with E-state index in [0.717, 1.165) is 10.8 Å². The molecule has 0 spiro atoms. The van der Waals surface area contributed by atoms with Crippen molar-refractivity contribution in [2.24, 2.45) is 0 Å². The van der Waals surface area contributed by atoms with Crippen molar-refractivity contribution in [1.29, 1.82) is 0 Å². The first-order valence-corrected chi connectivity index (χ1v) is 6.80. The highest BCUT2D eigenvalue weighted by molar-refractivity contribution is 5.94. The zero-order valence-corrected chi connectivity index (χ0v) is 11.8. The summed E-state index contributed by atoms with van der Waals surface area (Å²) in [4.78, 5) is 10.9. The van der Waals surface area contributed by atoms with Gasteiger partial charge in [0.25, 0.3) is 0 Å².